The average Bonchev–Trinajstić information content (AvgIpc) is 2.79. The third-order valence-electron chi connectivity index (χ3n) is 3.43. The zero-order valence-electron chi connectivity index (χ0n) is 11.6. The number of hydrogen-bond acceptors (Lipinski definition) is 2. The van der Waals surface area contributed by atoms with Gasteiger partial charge >= 0.3 is 0 Å². The molecular weight excluding hydrogens is 305 g/mol. The van der Waals surface area contributed by atoms with Gasteiger partial charge in [-0.2, -0.15) is 0 Å². The van der Waals surface area contributed by atoms with Gasteiger partial charge in [0.15, 0.2) is 0 Å². The maximum absolute atomic E-state index is 6.35. The Morgan fingerprint density at radius 1 is 1.10 bits per heavy atom. The minimum Gasteiger partial charge on any atom is -0.398 e. The quantitative estimate of drug-likeness (QED) is 0.690. The molecular formula is C16H15Cl2N3. The van der Waals surface area contributed by atoms with E-state index in [1.807, 2.05) is 36.4 Å². The molecule has 2 N–H and O–H groups in total. The zero-order valence-corrected chi connectivity index (χ0v) is 13.1. The maximum Gasteiger partial charge on any atom is 0.144 e. The molecule has 0 radical (unpaired) electrons. The van der Waals surface area contributed by atoms with Crippen LogP contribution in [0.25, 0.3) is 22.4 Å². The van der Waals surface area contributed by atoms with E-state index in [9.17, 15) is 0 Å². The number of nitrogens with two attached hydrogens (primary N) is 1. The van der Waals surface area contributed by atoms with Crippen molar-refractivity contribution < 1.29 is 0 Å². The summed E-state index contributed by atoms with van der Waals surface area (Å²) in [4.78, 5) is 4.70. The largest absolute Gasteiger partial charge is 0.398 e. The highest BCUT2D eigenvalue weighted by Crippen LogP contribution is 2.36. The van der Waals surface area contributed by atoms with Gasteiger partial charge in [-0.15, -0.1) is 0 Å². The van der Waals surface area contributed by atoms with E-state index in [2.05, 4.69) is 11.5 Å². The van der Waals surface area contributed by atoms with Crippen molar-refractivity contribution in [2.45, 2.75) is 19.9 Å². The molecule has 21 heavy (non-hydrogen) atoms. The predicted molar refractivity (Wildman–Crippen MR) is 89.9 cm³/mol. The van der Waals surface area contributed by atoms with Gasteiger partial charge in [0, 0.05) is 12.2 Å². The van der Waals surface area contributed by atoms with Crippen LogP contribution in [-0.2, 0) is 6.54 Å². The third-order valence-corrected chi connectivity index (χ3v) is 4.05. The standard InChI is InChI=1S/C16H15Cl2N3/c1-2-9-21-15-11(18)6-4-8-13(15)20-16(21)14-10(17)5-3-7-12(14)19/h3-8H,2,9,19H2,1H3. The number of nitrogens with zero attached hydrogens (tertiary/aromatic N) is 2. The van der Waals surface area contributed by atoms with Gasteiger partial charge in [0.2, 0.25) is 0 Å². The van der Waals surface area contributed by atoms with Crippen LogP contribution in [0.3, 0.4) is 0 Å². The summed E-state index contributed by atoms with van der Waals surface area (Å²) in [6, 6.07) is 11.2. The predicted octanol–water partition coefficient (Wildman–Crippen LogP) is 5.00. The Kier molecular flexibility index (Phi) is 3.79. The molecule has 3 nitrogen and oxygen atoms in total. The van der Waals surface area contributed by atoms with Gasteiger partial charge in [0.05, 0.1) is 26.6 Å². The molecule has 2 aromatic carbocycles. The van der Waals surface area contributed by atoms with Crippen LogP contribution in [0.15, 0.2) is 36.4 Å². The molecule has 0 atom stereocenters. The van der Waals surface area contributed by atoms with E-state index < -0.39 is 0 Å². The number of halogens is 2. The molecule has 0 aliphatic rings. The van der Waals surface area contributed by atoms with Gasteiger partial charge in [-0.05, 0) is 30.7 Å². The number of para-hydroxylation sites is 1. The van der Waals surface area contributed by atoms with Crippen LogP contribution in [0.1, 0.15) is 13.3 Å². The molecule has 3 aromatic rings. The van der Waals surface area contributed by atoms with Gasteiger partial charge < -0.3 is 10.3 Å². The number of fused-ring (bicyclic) bond motifs is 1. The molecule has 0 amide bonds. The van der Waals surface area contributed by atoms with Crippen LogP contribution in [0, 0.1) is 0 Å². The number of hydrogen-bond donors (Lipinski definition) is 1. The van der Waals surface area contributed by atoms with Crippen molar-refractivity contribution in [2.75, 3.05) is 5.73 Å². The fourth-order valence-corrected chi connectivity index (χ4v) is 3.09. The Hall–Kier alpha value is -1.71. The van der Waals surface area contributed by atoms with Crippen molar-refractivity contribution in [3.63, 3.8) is 0 Å². The van der Waals surface area contributed by atoms with Gasteiger partial charge in [-0.3, -0.25) is 0 Å². The minimum atomic E-state index is 0.596. The van der Waals surface area contributed by atoms with Crippen LogP contribution in [0.5, 0.6) is 0 Å². The number of aromatic nitrogens is 2. The topological polar surface area (TPSA) is 43.8 Å². The van der Waals surface area contributed by atoms with E-state index in [4.69, 9.17) is 33.9 Å². The second kappa shape index (κ2) is 5.58. The molecule has 1 aromatic heterocycles. The lowest BCUT2D eigenvalue weighted by molar-refractivity contribution is 0.704. The molecule has 0 bridgehead atoms. The normalized spacial score (nSPS) is 11.2. The fraction of sp³-hybridized carbons (Fsp3) is 0.188. The third kappa shape index (κ3) is 2.37. The number of benzene rings is 2. The van der Waals surface area contributed by atoms with Crippen LogP contribution in [0.4, 0.5) is 5.69 Å². The molecule has 0 saturated carbocycles. The summed E-state index contributed by atoms with van der Waals surface area (Å²) in [5.74, 6) is 0.767. The van der Waals surface area contributed by atoms with E-state index >= 15 is 0 Å². The molecule has 3 rings (SSSR count). The zero-order chi connectivity index (χ0) is 15.0. The first-order valence-electron chi connectivity index (χ1n) is 6.82. The summed E-state index contributed by atoms with van der Waals surface area (Å²) in [6.45, 7) is 2.92. The Balaban J connectivity index is 2.37. The molecule has 0 unspecified atom stereocenters. The Bertz CT molecular complexity index is 788. The average molecular weight is 320 g/mol. The summed E-state index contributed by atoms with van der Waals surface area (Å²) < 4.78 is 2.09. The highest BCUT2D eigenvalue weighted by atomic mass is 35.5. The number of imidazole rings is 1. The molecule has 108 valence electrons. The summed E-state index contributed by atoms with van der Waals surface area (Å²) in [5.41, 5.74) is 9.27. The lowest BCUT2D eigenvalue weighted by Gasteiger charge is -2.11. The van der Waals surface area contributed by atoms with E-state index in [1.165, 1.54) is 0 Å². The lowest BCUT2D eigenvalue weighted by atomic mass is 10.1. The summed E-state index contributed by atoms with van der Waals surface area (Å²) >= 11 is 12.7. The smallest absolute Gasteiger partial charge is 0.144 e. The van der Waals surface area contributed by atoms with Crippen LogP contribution in [-0.4, -0.2) is 9.55 Å². The maximum atomic E-state index is 6.35. The van der Waals surface area contributed by atoms with Crippen LogP contribution >= 0.6 is 23.2 Å². The first-order chi connectivity index (χ1) is 10.1. The fourth-order valence-electron chi connectivity index (χ4n) is 2.55. The van der Waals surface area contributed by atoms with Gasteiger partial charge in [-0.1, -0.05) is 42.3 Å². The summed E-state index contributed by atoms with van der Waals surface area (Å²) in [7, 11) is 0. The lowest BCUT2D eigenvalue weighted by Crippen LogP contribution is -2.02. The Labute approximate surface area is 133 Å². The Morgan fingerprint density at radius 2 is 1.81 bits per heavy atom. The minimum absolute atomic E-state index is 0.596. The van der Waals surface area contributed by atoms with Crippen molar-refractivity contribution in [1.29, 1.82) is 0 Å². The number of rotatable bonds is 3. The van der Waals surface area contributed by atoms with Crippen LogP contribution in [0.2, 0.25) is 10.0 Å². The molecule has 0 saturated heterocycles. The molecule has 0 aliphatic heterocycles. The molecule has 1 heterocycles. The van der Waals surface area contributed by atoms with E-state index in [0.717, 1.165) is 35.4 Å². The van der Waals surface area contributed by atoms with Crippen molar-refractivity contribution >= 4 is 39.9 Å². The monoisotopic (exact) mass is 319 g/mol. The van der Waals surface area contributed by atoms with Crippen molar-refractivity contribution in [3.8, 4) is 11.4 Å². The second-order valence-electron chi connectivity index (χ2n) is 4.90. The van der Waals surface area contributed by atoms with Crippen molar-refractivity contribution in [2.24, 2.45) is 0 Å². The first-order valence-corrected chi connectivity index (χ1v) is 7.58. The van der Waals surface area contributed by atoms with E-state index in [0.29, 0.717) is 15.7 Å². The van der Waals surface area contributed by atoms with Crippen molar-refractivity contribution in [1.82, 2.24) is 9.55 Å². The molecule has 0 fully saturated rings. The number of aryl methyl sites for hydroxylation is 1. The van der Waals surface area contributed by atoms with E-state index in [-0.39, 0.29) is 0 Å². The Morgan fingerprint density at radius 3 is 2.52 bits per heavy atom. The SMILES string of the molecule is CCCn1c(-c2c(N)cccc2Cl)nc2cccc(Cl)c21. The summed E-state index contributed by atoms with van der Waals surface area (Å²) in [6.07, 6.45) is 0.966. The molecule has 0 aliphatic carbocycles. The first kappa shape index (κ1) is 14.2. The van der Waals surface area contributed by atoms with Gasteiger partial charge in [0.25, 0.3) is 0 Å². The van der Waals surface area contributed by atoms with Crippen LogP contribution < -0.4 is 5.73 Å². The highest BCUT2D eigenvalue weighted by Gasteiger charge is 2.18. The second-order valence-corrected chi connectivity index (χ2v) is 5.71. The van der Waals surface area contributed by atoms with Gasteiger partial charge in [-0.25, -0.2) is 4.98 Å². The molecule has 0 spiro atoms. The number of nitrogen functional groups attached to an aromatic ring is 1. The van der Waals surface area contributed by atoms with Crippen molar-refractivity contribution in [3.05, 3.63) is 46.4 Å². The van der Waals surface area contributed by atoms with Gasteiger partial charge in [0.1, 0.15) is 5.82 Å². The highest BCUT2D eigenvalue weighted by molar-refractivity contribution is 6.35. The molecule has 5 heteroatoms. The number of anilines is 1. The summed E-state index contributed by atoms with van der Waals surface area (Å²) in [5, 5.41) is 1.28. The van der Waals surface area contributed by atoms with E-state index in [1.54, 1.807) is 0 Å².